The van der Waals surface area contributed by atoms with Crippen LogP contribution in [-0.4, -0.2) is 26.0 Å². The van der Waals surface area contributed by atoms with E-state index in [0.29, 0.717) is 11.5 Å². The van der Waals surface area contributed by atoms with Crippen molar-refractivity contribution in [1.29, 1.82) is 0 Å². The number of pyridine rings is 1. The molecule has 0 aliphatic rings. The molecule has 0 fully saturated rings. The van der Waals surface area contributed by atoms with Gasteiger partial charge in [0.25, 0.3) is 5.22 Å². The van der Waals surface area contributed by atoms with Crippen molar-refractivity contribution in [2.24, 2.45) is 5.10 Å². The van der Waals surface area contributed by atoms with Gasteiger partial charge < -0.3 is 4.42 Å². The maximum Gasteiger partial charge on any atom is 0.283 e. The summed E-state index contributed by atoms with van der Waals surface area (Å²) in [5.41, 5.74) is 6.00. The third-order valence-corrected chi connectivity index (χ3v) is 4.88. The van der Waals surface area contributed by atoms with E-state index in [0.717, 1.165) is 28.6 Å². The van der Waals surface area contributed by atoms with Crippen LogP contribution in [-0.2, 0) is 0 Å². The van der Waals surface area contributed by atoms with Crippen molar-refractivity contribution in [2.75, 3.05) is 5.43 Å². The average Bonchev–Trinajstić information content (AvgIpc) is 3.26. The minimum Gasteiger partial charge on any atom is -0.411 e. The minimum atomic E-state index is -0.299. The molecule has 0 amide bonds. The molecule has 2 aromatic heterocycles. The standard InChI is InChI=1S/C22H17N5O2S/c1-15-9-11-16(12-10-15)20-25-27-22(29-20)30-21(19(28)17-6-5-13-23-14-17)26-24-18-7-3-2-4-8-18/h2-14,24H,1H3. The van der Waals surface area contributed by atoms with Gasteiger partial charge in [-0.3, -0.25) is 15.2 Å². The molecule has 4 aromatic rings. The number of Topliss-reactive ketones (excluding diaryl/α,β-unsaturated/α-hetero) is 1. The van der Waals surface area contributed by atoms with Crippen LogP contribution in [0.2, 0.25) is 0 Å². The Bertz CT molecular complexity index is 1160. The predicted molar refractivity (Wildman–Crippen MR) is 116 cm³/mol. The third-order valence-electron chi connectivity index (χ3n) is 4.07. The number of anilines is 1. The number of para-hydroxylation sites is 1. The molecular weight excluding hydrogens is 398 g/mol. The number of hydrazone groups is 1. The number of benzene rings is 2. The normalized spacial score (nSPS) is 11.3. The number of carbonyl (C=O) groups is 1. The smallest absolute Gasteiger partial charge is 0.283 e. The van der Waals surface area contributed by atoms with E-state index in [9.17, 15) is 4.79 Å². The molecule has 0 saturated carbocycles. The van der Waals surface area contributed by atoms with Gasteiger partial charge in [0, 0.05) is 23.5 Å². The van der Waals surface area contributed by atoms with Crippen molar-refractivity contribution >= 4 is 28.3 Å². The molecule has 7 nitrogen and oxygen atoms in total. The van der Waals surface area contributed by atoms with E-state index in [1.54, 1.807) is 18.3 Å². The summed E-state index contributed by atoms with van der Waals surface area (Å²) in [5.74, 6) is 0.0771. The summed E-state index contributed by atoms with van der Waals surface area (Å²) in [7, 11) is 0. The number of rotatable bonds is 6. The van der Waals surface area contributed by atoms with Gasteiger partial charge in [0.2, 0.25) is 11.7 Å². The highest BCUT2D eigenvalue weighted by Gasteiger charge is 2.20. The van der Waals surface area contributed by atoms with Crippen LogP contribution in [0.5, 0.6) is 0 Å². The summed E-state index contributed by atoms with van der Waals surface area (Å²) in [6, 6.07) is 20.5. The van der Waals surface area contributed by atoms with E-state index >= 15 is 0 Å². The predicted octanol–water partition coefficient (Wildman–Crippen LogP) is 4.84. The molecule has 0 atom stereocenters. The van der Waals surface area contributed by atoms with Crippen LogP contribution >= 0.6 is 11.8 Å². The lowest BCUT2D eigenvalue weighted by atomic mass is 10.1. The van der Waals surface area contributed by atoms with Gasteiger partial charge in [-0.15, -0.1) is 10.2 Å². The first-order valence-corrected chi connectivity index (χ1v) is 9.92. The van der Waals surface area contributed by atoms with Gasteiger partial charge >= 0.3 is 0 Å². The Labute approximate surface area is 177 Å². The van der Waals surface area contributed by atoms with Gasteiger partial charge in [0.15, 0.2) is 5.04 Å². The maximum absolute atomic E-state index is 13.0. The van der Waals surface area contributed by atoms with Crippen LogP contribution in [0.4, 0.5) is 5.69 Å². The number of hydrogen-bond acceptors (Lipinski definition) is 8. The van der Waals surface area contributed by atoms with Gasteiger partial charge in [-0.25, -0.2) is 0 Å². The van der Waals surface area contributed by atoms with E-state index in [1.165, 1.54) is 6.20 Å². The monoisotopic (exact) mass is 415 g/mol. The summed E-state index contributed by atoms with van der Waals surface area (Å²) in [6.07, 6.45) is 3.10. The molecule has 0 spiro atoms. The number of ketones is 1. The van der Waals surface area contributed by atoms with Crippen molar-refractivity contribution in [1.82, 2.24) is 15.2 Å². The molecule has 2 heterocycles. The molecule has 0 aliphatic carbocycles. The summed E-state index contributed by atoms with van der Waals surface area (Å²) < 4.78 is 5.74. The zero-order valence-corrected chi connectivity index (χ0v) is 16.8. The lowest BCUT2D eigenvalue weighted by molar-refractivity contribution is 0.106. The Morgan fingerprint density at radius 3 is 2.53 bits per heavy atom. The summed E-state index contributed by atoms with van der Waals surface area (Å²) >= 11 is 0.999. The Balaban J connectivity index is 1.59. The molecule has 0 aliphatic heterocycles. The first-order valence-electron chi connectivity index (χ1n) is 9.11. The molecule has 0 unspecified atom stereocenters. The average molecular weight is 415 g/mol. The zero-order chi connectivity index (χ0) is 20.8. The topological polar surface area (TPSA) is 93.3 Å². The van der Waals surface area contributed by atoms with Crippen LogP contribution in [0.25, 0.3) is 11.5 Å². The number of hydrogen-bond donors (Lipinski definition) is 1. The maximum atomic E-state index is 13.0. The van der Waals surface area contributed by atoms with Crippen LogP contribution in [0.15, 0.2) is 93.9 Å². The van der Waals surface area contributed by atoms with Gasteiger partial charge in [0.1, 0.15) is 0 Å². The number of aryl methyl sites for hydroxylation is 1. The van der Waals surface area contributed by atoms with Gasteiger partial charge in [-0.2, -0.15) is 5.10 Å². The second kappa shape index (κ2) is 9.15. The van der Waals surface area contributed by atoms with Crippen molar-refractivity contribution < 1.29 is 9.21 Å². The third kappa shape index (κ3) is 4.79. The second-order valence-electron chi connectivity index (χ2n) is 6.31. The lowest BCUT2D eigenvalue weighted by Crippen LogP contribution is -2.13. The van der Waals surface area contributed by atoms with E-state index in [2.05, 4.69) is 25.7 Å². The van der Waals surface area contributed by atoms with Gasteiger partial charge in [-0.1, -0.05) is 35.9 Å². The number of nitrogens with zero attached hydrogens (tertiary/aromatic N) is 4. The summed E-state index contributed by atoms with van der Waals surface area (Å²) in [4.78, 5) is 17.0. The van der Waals surface area contributed by atoms with Crippen molar-refractivity contribution in [3.63, 3.8) is 0 Å². The van der Waals surface area contributed by atoms with Gasteiger partial charge in [0.05, 0.1) is 5.69 Å². The minimum absolute atomic E-state index is 0.158. The van der Waals surface area contributed by atoms with Crippen molar-refractivity contribution in [3.05, 3.63) is 90.3 Å². The molecule has 0 bridgehead atoms. The molecule has 0 radical (unpaired) electrons. The quantitative estimate of drug-likeness (QED) is 0.158. The molecule has 4 rings (SSSR count). The van der Waals surface area contributed by atoms with Crippen molar-refractivity contribution in [2.45, 2.75) is 12.1 Å². The highest BCUT2D eigenvalue weighted by molar-refractivity contribution is 8.15. The van der Waals surface area contributed by atoms with E-state index < -0.39 is 0 Å². The van der Waals surface area contributed by atoms with Crippen LogP contribution in [0.1, 0.15) is 15.9 Å². The fourth-order valence-electron chi connectivity index (χ4n) is 2.52. The Hall–Kier alpha value is -3.78. The number of carbonyl (C=O) groups excluding carboxylic acids is 1. The molecule has 30 heavy (non-hydrogen) atoms. The SMILES string of the molecule is Cc1ccc(-c2nnc(SC(=NNc3ccccc3)C(=O)c3cccnc3)o2)cc1. The molecule has 0 saturated heterocycles. The number of thioether (sulfide) groups is 1. The van der Waals surface area contributed by atoms with Crippen LogP contribution < -0.4 is 5.43 Å². The Morgan fingerprint density at radius 1 is 1.00 bits per heavy atom. The van der Waals surface area contributed by atoms with E-state index in [4.69, 9.17) is 4.42 Å². The van der Waals surface area contributed by atoms with Crippen molar-refractivity contribution in [3.8, 4) is 11.5 Å². The molecule has 1 N–H and O–H groups in total. The summed E-state index contributed by atoms with van der Waals surface area (Å²) in [6.45, 7) is 2.01. The van der Waals surface area contributed by atoms with Crippen LogP contribution in [0.3, 0.4) is 0 Å². The molecule has 8 heteroatoms. The zero-order valence-electron chi connectivity index (χ0n) is 16.0. The van der Waals surface area contributed by atoms with E-state index in [-0.39, 0.29) is 16.0 Å². The number of nitrogens with one attached hydrogen (secondary N) is 1. The second-order valence-corrected chi connectivity index (χ2v) is 7.25. The molecular formula is C22H17N5O2S. The highest BCUT2D eigenvalue weighted by Crippen LogP contribution is 2.25. The Kier molecular flexibility index (Phi) is 5.95. The Morgan fingerprint density at radius 2 is 1.80 bits per heavy atom. The largest absolute Gasteiger partial charge is 0.411 e. The molecule has 2 aromatic carbocycles. The molecule has 148 valence electrons. The first kappa shape index (κ1) is 19.5. The summed E-state index contributed by atoms with van der Waals surface area (Å²) in [5, 5.41) is 12.8. The van der Waals surface area contributed by atoms with Gasteiger partial charge in [-0.05, 0) is 55.1 Å². The van der Waals surface area contributed by atoms with Crippen LogP contribution in [0, 0.1) is 6.92 Å². The first-order chi connectivity index (χ1) is 14.7. The fourth-order valence-corrected chi connectivity index (χ4v) is 3.18. The highest BCUT2D eigenvalue weighted by atomic mass is 32.2. The number of aromatic nitrogens is 3. The fraction of sp³-hybridized carbons (Fsp3) is 0.0455. The van der Waals surface area contributed by atoms with E-state index in [1.807, 2.05) is 61.5 Å². The lowest BCUT2D eigenvalue weighted by Gasteiger charge is -2.05.